The first kappa shape index (κ1) is 26.8. The highest BCUT2D eigenvalue weighted by Crippen LogP contribution is 2.25. The Bertz CT molecular complexity index is 674. The zero-order valence-corrected chi connectivity index (χ0v) is 19.0. The number of aryl methyl sites for hydroxylation is 6. The second kappa shape index (κ2) is 13.9. The number of rotatable bonds is 0. The van der Waals surface area contributed by atoms with Crippen LogP contribution in [-0.2, 0) is 4.57 Å². The van der Waals surface area contributed by atoms with Crippen LogP contribution >= 0.6 is 7.82 Å². The van der Waals surface area contributed by atoms with Gasteiger partial charge in [-0.15, -0.1) is 0 Å². The van der Waals surface area contributed by atoms with Gasteiger partial charge in [-0.3, -0.25) is 0 Å². The number of phosphoric acid groups is 1. The van der Waals surface area contributed by atoms with Crippen molar-refractivity contribution in [2.75, 3.05) is 0 Å². The van der Waals surface area contributed by atoms with Gasteiger partial charge in [0.05, 0.1) is 0 Å². The molecule has 0 heterocycles. The van der Waals surface area contributed by atoms with Crippen LogP contribution in [0.15, 0.2) is 72.8 Å². The van der Waals surface area contributed by atoms with Gasteiger partial charge in [-0.25, -0.2) is 4.57 Å². The summed E-state index contributed by atoms with van der Waals surface area (Å²) < 4.78 is 8.88. The molecule has 4 nitrogen and oxygen atoms in total. The fraction of sp³-hybridized carbons (Fsp3) is 0.250. The summed E-state index contributed by atoms with van der Waals surface area (Å²) in [5.41, 5.74) is 7.98. The van der Waals surface area contributed by atoms with Crippen LogP contribution in [0.4, 0.5) is 0 Å². The predicted octanol–water partition coefficient (Wildman–Crippen LogP) is 5.98. The lowest BCUT2D eigenvalue weighted by molar-refractivity contribution is 0.275. The fourth-order valence-electron chi connectivity index (χ4n) is 1.91. The summed E-state index contributed by atoms with van der Waals surface area (Å²) in [6.45, 7) is 12.6. The Labute approximate surface area is 175 Å². The highest BCUT2D eigenvalue weighted by Gasteiger charge is 2.00. The molecule has 0 aliphatic rings. The Hall–Kier alpha value is -2.23. The highest BCUT2D eigenvalue weighted by molar-refractivity contribution is 7.45. The molecule has 0 saturated heterocycles. The molecule has 0 aliphatic heterocycles. The van der Waals surface area contributed by atoms with Crippen molar-refractivity contribution in [2.24, 2.45) is 0 Å². The SMILES string of the molecule is Cc1ccc(C)cc1.Cc1ccc(C)cc1.Cc1ccc(C)cc1.O=P(O)(O)O. The Kier molecular flexibility index (Phi) is 12.8. The van der Waals surface area contributed by atoms with E-state index < -0.39 is 7.82 Å². The maximum Gasteiger partial charge on any atom is 0.466 e. The van der Waals surface area contributed by atoms with E-state index in [1.807, 2.05) is 0 Å². The van der Waals surface area contributed by atoms with E-state index in [9.17, 15) is 0 Å². The molecule has 3 aromatic rings. The van der Waals surface area contributed by atoms with Crippen molar-refractivity contribution >= 4 is 7.82 Å². The summed E-state index contributed by atoms with van der Waals surface area (Å²) in [4.78, 5) is 21.6. The molecular formula is C24H33O4P. The molecule has 0 aliphatic carbocycles. The van der Waals surface area contributed by atoms with Gasteiger partial charge < -0.3 is 14.7 Å². The van der Waals surface area contributed by atoms with Crippen LogP contribution < -0.4 is 0 Å². The van der Waals surface area contributed by atoms with E-state index in [0.717, 1.165) is 0 Å². The lowest BCUT2D eigenvalue weighted by Crippen LogP contribution is -1.70. The fourth-order valence-corrected chi connectivity index (χ4v) is 1.91. The Morgan fingerprint density at radius 2 is 0.483 bits per heavy atom. The maximum atomic E-state index is 8.88. The summed E-state index contributed by atoms with van der Waals surface area (Å²) >= 11 is 0. The molecule has 0 saturated carbocycles. The number of hydrogen-bond donors (Lipinski definition) is 3. The smallest absolute Gasteiger partial charge is 0.303 e. The molecule has 0 bridgehead atoms. The number of hydrogen-bond acceptors (Lipinski definition) is 1. The molecule has 0 fully saturated rings. The van der Waals surface area contributed by atoms with Gasteiger partial charge in [0.2, 0.25) is 0 Å². The van der Waals surface area contributed by atoms with Crippen LogP contribution in [-0.4, -0.2) is 14.7 Å². The van der Waals surface area contributed by atoms with Crippen molar-refractivity contribution in [3.05, 3.63) is 106 Å². The van der Waals surface area contributed by atoms with Gasteiger partial charge in [-0.1, -0.05) is 106 Å². The Balaban J connectivity index is 0.000000367. The molecule has 0 atom stereocenters. The molecule has 3 aromatic carbocycles. The molecule has 158 valence electrons. The summed E-state index contributed by atoms with van der Waals surface area (Å²) in [5.74, 6) is 0. The van der Waals surface area contributed by atoms with Crippen LogP contribution in [0.1, 0.15) is 33.4 Å². The van der Waals surface area contributed by atoms with Crippen molar-refractivity contribution in [1.82, 2.24) is 0 Å². The van der Waals surface area contributed by atoms with Crippen molar-refractivity contribution in [3.63, 3.8) is 0 Å². The summed E-state index contributed by atoms with van der Waals surface area (Å²) in [5, 5.41) is 0. The van der Waals surface area contributed by atoms with E-state index in [0.29, 0.717) is 0 Å². The van der Waals surface area contributed by atoms with E-state index in [-0.39, 0.29) is 0 Å². The van der Waals surface area contributed by atoms with Gasteiger partial charge in [0.25, 0.3) is 0 Å². The highest BCUT2D eigenvalue weighted by atomic mass is 31.2. The molecule has 0 unspecified atom stereocenters. The second-order valence-corrected chi connectivity index (χ2v) is 8.00. The monoisotopic (exact) mass is 416 g/mol. The van der Waals surface area contributed by atoms with E-state index in [2.05, 4.69) is 114 Å². The van der Waals surface area contributed by atoms with E-state index in [1.165, 1.54) is 33.4 Å². The molecule has 3 rings (SSSR count). The van der Waals surface area contributed by atoms with Gasteiger partial charge in [-0.05, 0) is 41.5 Å². The lowest BCUT2D eigenvalue weighted by Gasteiger charge is -1.90. The second-order valence-electron chi connectivity index (χ2n) is 6.98. The predicted molar refractivity (Wildman–Crippen MR) is 122 cm³/mol. The van der Waals surface area contributed by atoms with Crippen molar-refractivity contribution in [3.8, 4) is 0 Å². The molecule has 0 radical (unpaired) electrons. The van der Waals surface area contributed by atoms with Gasteiger partial charge in [0.1, 0.15) is 0 Å². The Morgan fingerprint density at radius 1 is 0.414 bits per heavy atom. The van der Waals surface area contributed by atoms with E-state index >= 15 is 0 Å². The molecule has 29 heavy (non-hydrogen) atoms. The van der Waals surface area contributed by atoms with Gasteiger partial charge in [-0.2, -0.15) is 0 Å². The first-order valence-electron chi connectivity index (χ1n) is 9.25. The third kappa shape index (κ3) is 18.9. The maximum absolute atomic E-state index is 8.88. The largest absolute Gasteiger partial charge is 0.466 e. The topological polar surface area (TPSA) is 77.8 Å². The van der Waals surface area contributed by atoms with Crippen LogP contribution in [0.3, 0.4) is 0 Å². The van der Waals surface area contributed by atoms with E-state index in [1.54, 1.807) is 0 Å². The lowest BCUT2D eigenvalue weighted by atomic mass is 10.2. The third-order valence-corrected chi connectivity index (χ3v) is 3.65. The molecular weight excluding hydrogens is 383 g/mol. The van der Waals surface area contributed by atoms with E-state index in [4.69, 9.17) is 19.2 Å². The average molecular weight is 416 g/mol. The third-order valence-electron chi connectivity index (χ3n) is 3.65. The van der Waals surface area contributed by atoms with Gasteiger partial charge >= 0.3 is 7.82 Å². The molecule has 0 spiro atoms. The minimum Gasteiger partial charge on any atom is -0.303 e. The van der Waals surface area contributed by atoms with Gasteiger partial charge in [0, 0.05) is 0 Å². The van der Waals surface area contributed by atoms with Crippen molar-refractivity contribution < 1.29 is 19.2 Å². The summed E-state index contributed by atoms with van der Waals surface area (Å²) in [6, 6.07) is 25.4. The standard InChI is InChI=1S/3C8H10.H3O4P/c3*1-7-3-5-8(2)6-4-7;1-5(2,3)4/h3*3-6H,1-2H3;(H3,1,2,3,4). The summed E-state index contributed by atoms with van der Waals surface area (Å²) in [7, 11) is -4.64. The zero-order valence-electron chi connectivity index (χ0n) is 18.1. The van der Waals surface area contributed by atoms with Crippen molar-refractivity contribution in [1.29, 1.82) is 0 Å². The minimum atomic E-state index is -4.64. The average Bonchev–Trinajstić information content (AvgIpc) is 2.62. The molecule has 0 aromatic heterocycles. The number of benzene rings is 3. The van der Waals surface area contributed by atoms with Crippen molar-refractivity contribution in [2.45, 2.75) is 41.5 Å². The Morgan fingerprint density at radius 3 is 0.552 bits per heavy atom. The molecule has 0 amide bonds. The first-order valence-corrected chi connectivity index (χ1v) is 10.8. The van der Waals surface area contributed by atoms with Crippen LogP contribution in [0.2, 0.25) is 0 Å². The first-order chi connectivity index (χ1) is 13.4. The zero-order chi connectivity index (χ0) is 22.4. The summed E-state index contributed by atoms with van der Waals surface area (Å²) in [6.07, 6.45) is 0. The van der Waals surface area contributed by atoms with Crippen LogP contribution in [0.5, 0.6) is 0 Å². The van der Waals surface area contributed by atoms with Crippen LogP contribution in [0.25, 0.3) is 0 Å². The molecule has 5 heteroatoms. The minimum absolute atomic E-state index is 1.33. The quantitative estimate of drug-likeness (QED) is 0.394. The normalized spacial score (nSPS) is 9.69. The van der Waals surface area contributed by atoms with Crippen LogP contribution in [0, 0.1) is 41.5 Å². The molecule has 3 N–H and O–H groups in total. The van der Waals surface area contributed by atoms with Gasteiger partial charge in [0.15, 0.2) is 0 Å².